The number of aryl methyl sites for hydroxylation is 1. The second-order valence-electron chi connectivity index (χ2n) is 4.88. The Bertz CT molecular complexity index is 473. The number of carbonyl (C=O) groups excluding carboxylic acids is 1. The third-order valence-corrected chi connectivity index (χ3v) is 3.73. The molecule has 0 aromatic carbocycles. The van der Waals surface area contributed by atoms with Crippen molar-refractivity contribution in [3.63, 3.8) is 0 Å². The second-order valence-corrected chi connectivity index (χ2v) is 5.27. The molecule has 6 heteroatoms. The minimum atomic E-state index is 0.00708. The average Bonchev–Trinajstić information content (AvgIpc) is 2.47. The van der Waals surface area contributed by atoms with Crippen LogP contribution in [0.25, 0.3) is 0 Å². The van der Waals surface area contributed by atoms with Gasteiger partial charge in [0.15, 0.2) is 0 Å². The molecule has 0 aliphatic carbocycles. The smallest absolute Gasteiger partial charge is 0.254 e. The molecule has 1 aliphatic rings. The topological polar surface area (TPSA) is 56.7 Å². The van der Waals surface area contributed by atoms with Crippen molar-refractivity contribution >= 4 is 17.5 Å². The third-order valence-electron chi connectivity index (χ3n) is 3.53. The number of hydrogen-bond acceptors (Lipinski definition) is 4. The molecule has 1 saturated heterocycles. The third kappa shape index (κ3) is 3.69. The normalized spacial score (nSPS) is 16.4. The highest BCUT2D eigenvalue weighted by Gasteiger charge is 2.22. The molecule has 1 aromatic heterocycles. The Hall–Kier alpha value is -1.17. The van der Waals surface area contributed by atoms with Gasteiger partial charge in [-0.3, -0.25) is 9.69 Å². The summed E-state index contributed by atoms with van der Waals surface area (Å²) in [5.74, 6) is 0.00708. The highest BCUT2D eigenvalue weighted by molar-refractivity contribution is 6.29. The summed E-state index contributed by atoms with van der Waals surface area (Å²) in [6, 6.07) is 3.44. The lowest BCUT2D eigenvalue weighted by Gasteiger charge is -2.34. The van der Waals surface area contributed by atoms with Crippen molar-refractivity contribution in [3.05, 3.63) is 28.5 Å². The molecule has 0 radical (unpaired) electrons. The maximum Gasteiger partial charge on any atom is 0.254 e. The molecule has 0 unspecified atom stereocenters. The molecule has 20 heavy (non-hydrogen) atoms. The molecule has 1 N–H and O–H groups in total. The number of aliphatic hydroxyl groups is 1. The zero-order chi connectivity index (χ0) is 14.5. The van der Waals surface area contributed by atoms with Crippen LogP contribution in [-0.2, 0) is 6.42 Å². The van der Waals surface area contributed by atoms with E-state index in [1.807, 2.05) is 17.9 Å². The molecule has 110 valence electrons. The van der Waals surface area contributed by atoms with E-state index in [0.717, 1.165) is 25.2 Å². The molecule has 0 spiro atoms. The van der Waals surface area contributed by atoms with Crippen molar-refractivity contribution in [1.29, 1.82) is 0 Å². The van der Waals surface area contributed by atoms with Gasteiger partial charge < -0.3 is 10.0 Å². The summed E-state index contributed by atoms with van der Waals surface area (Å²) in [6.07, 6.45) is 0.755. The fourth-order valence-corrected chi connectivity index (χ4v) is 2.58. The summed E-state index contributed by atoms with van der Waals surface area (Å²) < 4.78 is 0. The van der Waals surface area contributed by atoms with Crippen molar-refractivity contribution < 1.29 is 9.90 Å². The van der Waals surface area contributed by atoms with Gasteiger partial charge in [0, 0.05) is 44.0 Å². The van der Waals surface area contributed by atoms with Crippen LogP contribution in [0, 0.1) is 0 Å². The molecule has 2 heterocycles. The van der Waals surface area contributed by atoms with E-state index in [-0.39, 0.29) is 12.5 Å². The Kier molecular flexibility index (Phi) is 5.34. The van der Waals surface area contributed by atoms with Crippen LogP contribution in [0.5, 0.6) is 0 Å². The van der Waals surface area contributed by atoms with E-state index >= 15 is 0 Å². The van der Waals surface area contributed by atoms with E-state index in [4.69, 9.17) is 16.7 Å². The van der Waals surface area contributed by atoms with Crippen LogP contribution in [0.3, 0.4) is 0 Å². The number of hydrogen-bond donors (Lipinski definition) is 1. The summed E-state index contributed by atoms with van der Waals surface area (Å²) in [4.78, 5) is 20.6. The van der Waals surface area contributed by atoms with Crippen LogP contribution in [0.2, 0.25) is 5.15 Å². The molecule has 2 rings (SSSR count). The molecule has 0 saturated carbocycles. The number of aliphatic hydroxyl groups excluding tert-OH is 1. The molecular weight excluding hydrogens is 278 g/mol. The summed E-state index contributed by atoms with van der Waals surface area (Å²) in [5, 5.41) is 9.28. The first-order chi connectivity index (χ1) is 9.63. The van der Waals surface area contributed by atoms with Crippen LogP contribution in [0.15, 0.2) is 12.1 Å². The first-order valence-corrected chi connectivity index (χ1v) is 7.30. The lowest BCUT2D eigenvalue weighted by molar-refractivity contribution is 0.0615. The number of aromatic nitrogens is 1. The van der Waals surface area contributed by atoms with Gasteiger partial charge in [-0.2, -0.15) is 0 Å². The van der Waals surface area contributed by atoms with Gasteiger partial charge in [0.2, 0.25) is 0 Å². The zero-order valence-corrected chi connectivity index (χ0v) is 12.4. The number of β-amino-alcohol motifs (C(OH)–C–C–N with tert-alkyl or cyclic N) is 1. The standard InChI is InChI=1S/C14H20ClN3O2/c1-2-12-9-11(10-13(15)16-12)14(20)18-5-3-17(4-6-18)7-8-19/h9-10,19H,2-8H2,1H3. The van der Waals surface area contributed by atoms with Gasteiger partial charge in [-0.1, -0.05) is 18.5 Å². The van der Waals surface area contributed by atoms with Gasteiger partial charge in [0.05, 0.1) is 6.61 Å². The second kappa shape index (κ2) is 7.02. The zero-order valence-electron chi connectivity index (χ0n) is 11.7. The molecule has 0 atom stereocenters. The minimum absolute atomic E-state index is 0.00708. The van der Waals surface area contributed by atoms with E-state index in [2.05, 4.69) is 9.88 Å². The molecule has 1 amide bonds. The fourth-order valence-electron chi connectivity index (χ4n) is 2.35. The van der Waals surface area contributed by atoms with Gasteiger partial charge in [-0.15, -0.1) is 0 Å². The highest BCUT2D eigenvalue weighted by atomic mass is 35.5. The molecule has 0 bridgehead atoms. The highest BCUT2D eigenvalue weighted by Crippen LogP contribution is 2.15. The summed E-state index contributed by atoms with van der Waals surface area (Å²) in [5.41, 5.74) is 1.44. The number of nitrogens with zero attached hydrogens (tertiary/aromatic N) is 3. The molecule has 1 fully saturated rings. The van der Waals surface area contributed by atoms with E-state index < -0.39 is 0 Å². The van der Waals surface area contributed by atoms with Crippen molar-refractivity contribution in [3.8, 4) is 0 Å². The Morgan fingerprint density at radius 2 is 2.05 bits per heavy atom. The van der Waals surface area contributed by atoms with Gasteiger partial charge in [-0.25, -0.2) is 4.98 Å². The number of amides is 1. The Morgan fingerprint density at radius 1 is 1.35 bits per heavy atom. The van der Waals surface area contributed by atoms with E-state index in [0.29, 0.717) is 30.4 Å². The van der Waals surface area contributed by atoms with Gasteiger partial charge in [-0.05, 0) is 18.6 Å². The Labute approximate surface area is 124 Å². The Balaban J connectivity index is 2.03. The SMILES string of the molecule is CCc1cc(C(=O)N2CCN(CCO)CC2)cc(Cl)n1. The van der Waals surface area contributed by atoms with Gasteiger partial charge in [0.25, 0.3) is 5.91 Å². The van der Waals surface area contributed by atoms with Crippen molar-refractivity contribution in [2.75, 3.05) is 39.3 Å². The van der Waals surface area contributed by atoms with Crippen molar-refractivity contribution in [1.82, 2.24) is 14.8 Å². The summed E-state index contributed by atoms with van der Waals surface area (Å²) in [7, 11) is 0. The molecule has 5 nitrogen and oxygen atoms in total. The number of pyridine rings is 1. The van der Waals surface area contributed by atoms with E-state index in [1.165, 1.54) is 0 Å². The number of rotatable bonds is 4. The monoisotopic (exact) mass is 297 g/mol. The molecular formula is C14H20ClN3O2. The van der Waals surface area contributed by atoms with Crippen LogP contribution in [0.4, 0.5) is 0 Å². The van der Waals surface area contributed by atoms with Gasteiger partial charge >= 0.3 is 0 Å². The van der Waals surface area contributed by atoms with E-state index in [9.17, 15) is 4.79 Å². The largest absolute Gasteiger partial charge is 0.395 e. The summed E-state index contributed by atoms with van der Waals surface area (Å²) in [6.45, 7) is 5.77. The van der Waals surface area contributed by atoms with Crippen molar-refractivity contribution in [2.24, 2.45) is 0 Å². The van der Waals surface area contributed by atoms with Crippen molar-refractivity contribution in [2.45, 2.75) is 13.3 Å². The Morgan fingerprint density at radius 3 is 2.65 bits per heavy atom. The lowest BCUT2D eigenvalue weighted by Crippen LogP contribution is -2.49. The minimum Gasteiger partial charge on any atom is -0.395 e. The maximum atomic E-state index is 12.5. The van der Waals surface area contributed by atoms with Crippen LogP contribution in [0.1, 0.15) is 23.0 Å². The number of piperazine rings is 1. The average molecular weight is 298 g/mol. The van der Waals surface area contributed by atoms with E-state index in [1.54, 1.807) is 6.07 Å². The van der Waals surface area contributed by atoms with Crippen LogP contribution in [-0.4, -0.2) is 65.1 Å². The molecule has 1 aromatic rings. The fraction of sp³-hybridized carbons (Fsp3) is 0.571. The predicted octanol–water partition coefficient (Wildman–Crippen LogP) is 1.05. The number of carbonyl (C=O) groups is 1. The van der Waals surface area contributed by atoms with Crippen LogP contribution >= 0.6 is 11.6 Å². The first-order valence-electron chi connectivity index (χ1n) is 6.93. The first kappa shape index (κ1) is 15.2. The predicted molar refractivity (Wildman–Crippen MR) is 78.1 cm³/mol. The molecule has 1 aliphatic heterocycles. The van der Waals surface area contributed by atoms with Gasteiger partial charge in [0.1, 0.15) is 5.15 Å². The van der Waals surface area contributed by atoms with Crippen LogP contribution < -0.4 is 0 Å². The number of halogens is 1. The quantitative estimate of drug-likeness (QED) is 0.844. The summed E-state index contributed by atoms with van der Waals surface area (Å²) >= 11 is 5.96. The maximum absolute atomic E-state index is 12.5. The lowest BCUT2D eigenvalue weighted by atomic mass is 10.1.